The number of anilines is 1. The number of rotatable bonds is 10. The number of carbonyl (C=O) groups excluding carboxylic acids is 2. The van der Waals surface area contributed by atoms with Crippen LogP contribution in [0.3, 0.4) is 0 Å². The number of hydrogen-bond acceptors (Lipinski definition) is 8. The molecular weight excluding hydrogens is 629 g/mol. The number of aliphatic hydroxyl groups excluding tert-OH is 1. The maximum atomic E-state index is 13.4. The van der Waals surface area contributed by atoms with Crippen LogP contribution < -0.4 is 9.64 Å². The van der Waals surface area contributed by atoms with Crippen LogP contribution in [0.25, 0.3) is 5.76 Å². The quantitative estimate of drug-likeness (QED) is 0.0472. The number of unbranched alkanes of at least 4 members (excludes halogenated alkanes) is 1. The standard InChI is InChI=1S/C30H25BrFN3O4S2/c1-2-3-16-39-23-14-8-20(9-15-23)26(36)24-25(19-6-10-21(31)11-7-19)35(28(38)27(24)37)29-33-34-30(41-29)40-17-18-4-12-22(32)13-5-18/h4-15,25,36H,2-3,16-17H2,1H3/t25-/m1/s1. The second kappa shape index (κ2) is 13.0. The number of carbonyl (C=O) groups is 2. The fraction of sp³-hybridized carbons (Fsp3) is 0.200. The molecule has 0 saturated carbocycles. The molecule has 0 spiro atoms. The van der Waals surface area contributed by atoms with E-state index in [-0.39, 0.29) is 22.3 Å². The van der Waals surface area contributed by atoms with Crippen LogP contribution in [0.1, 0.15) is 42.5 Å². The van der Waals surface area contributed by atoms with Gasteiger partial charge in [-0.2, -0.15) is 0 Å². The average Bonchev–Trinajstić information content (AvgIpc) is 3.55. The molecule has 1 aromatic heterocycles. The molecule has 1 atom stereocenters. The fourth-order valence-electron chi connectivity index (χ4n) is 4.27. The van der Waals surface area contributed by atoms with Crippen molar-refractivity contribution in [2.75, 3.05) is 11.5 Å². The van der Waals surface area contributed by atoms with E-state index in [0.29, 0.717) is 33.6 Å². The minimum absolute atomic E-state index is 0.0345. The van der Waals surface area contributed by atoms with Gasteiger partial charge in [-0.15, -0.1) is 10.2 Å². The van der Waals surface area contributed by atoms with Crippen LogP contribution in [0.15, 0.2) is 87.2 Å². The lowest BCUT2D eigenvalue weighted by Gasteiger charge is -2.22. The van der Waals surface area contributed by atoms with E-state index in [1.165, 1.54) is 40.1 Å². The Hall–Kier alpha value is -3.54. The molecule has 1 N–H and O–H groups in total. The number of Topliss-reactive ketones (excluding diaryl/α,β-unsaturated/α-hetero) is 1. The van der Waals surface area contributed by atoms with Crippen LogP contribution in [0.5, 0.6) is 5.75 Å². The van der Waals surface area contributed by atoms with Gasteiger partial charge in [0.1, 0.15) is 17.3 Å². The van der Waals surface area contributed by atoms with Crippen molar-refractivity contribution in [3.8, 4) is 5.75 Å². The molecule has 0 unspecified atom stereocenters. The highest BCUT2D eigenvalue weighted by molar-refractivity contribution is 9.10. The largest absolute Gasteiger partial charge is 0.507 e. The number of aliphatic hydroxyl groups is 1. The van der Waals surface area contributed by atoms with Gasteiger partial charge < -0.3 is 9.84 Å². The van der Waals surface area contributed by atoms with Crippen molar-refractivity contribution in [2.24, 2.45) is 0 Å². The molecule has 3 aromatic carbocycles. The first kappa shape index (κ1) is 29.0. The van der Waals surface area contributed by atoms with E-state index >= 15 is 0 Å². The number of amides is 1. The Labute approximate surface area is 253 Å². The molecule has 0 radical (unpaired) electrons. The van der Waals surface area contributed by atoms with Crippen LogP contribution >= 0.6 is 39.0 Å². The highest BCUT2D eigenvalue weighted by Crippen LogP contribution is 2.44. The van der Waals surface area contributed by atoms with Crippen molar-refractivity contribution >= 4 is 61.6 Å². The van der Waals surface area contributed by atoms with Gasteiger partial charge in [0, 0.05) is 15.8 Å². The Morgan fingerprint density at radius 3 is 2.44 bits per heavy atom. The van der Waals surface area contributed by atoms with E-state index in [1.54, 1.807) is 48.5 Å². The van der Waals surface area contributed by atoms with E-state index in [2.05, 4.69) is 33.1 Å². The highest BCUT2D eigenvalue weighted by Gasteiger charge is 2.48. The van der Waals surface area contributed by atoms with Crippen LogP contribution in [0.2, 0.25) is 0 Å². The second-order valence-electron chi connectivity index (χ2n) is 9.21. The van der Waals surface area contributed by atoms with Gasteiger partial charge in [0.25, 0.3) is 5.78 Å². The van der Waals surface area contributed by atoms with E-state index in [9.17, 15) is 19.1 Å². The molecule has 210 valence electrons. The van der Waals surface area contributed by atoms with E-state index in [4.69, 9.17) is 4.74 Å². The maximum Gasteiger partial charge on any atom is 0.301 e. The average molecular weight is 655 g/mol. The normalized spacial score (nSPS) is 16.4. The zero-order chi connectivity index (χ0) is 28.9. The lowest BCUT2D eigenvalue weighted by molar-refractivity contribution is -0.132. The first-order chi connectivity index (χ1) is 19.9. The molecule has 1 aliphatic rings. The summed E-state index contributed by atoms with van der Waals surface area (Å²) < 4.78 is 20.4. The summed E-state index contributed by atoms with van der Waals surface area (Å²) in [5.41, 5.74) is 1.89. The van der Waals surface area contributed by atoms with Crippen molar-refractivity contribution < 1.29 is 23.8 Å². The Morgan fingerprint density at radius 2 is 1.76 bits per heavy atom. The maximum absolute atomic E-state index is 13.4. The lowest BCUT2D eigenvalue weighted by atomic mass is 9.95. The van der Waals surface area contributed by atoms with Gasteiger partial charge in [-0.05, 0) is 66.1 Å². The summed E-state index contributed by atoms with van der Waals surface area (Å²) in [6.45, 7) is 2.67. The topological polar surface area (TPSA) is 92.6 Å². The van der Waals surface area contributed by atoms with Gasteiger partial charge in [-0.25, -0.2) is 4.39 Å². The first-order valence-corrected chi connectivity index (χ1v) is 15.5. The third kappa shape index (κ3) is 6.52. The van der Waals surface area contributed by atoms with E-state index in [0.717, 1.165) is 22.9 Å². The molecule has 1 saturated heterocycles. The van der Waals surface area contributed by atoms with Crippen molar-refractivity contribution in [2.45, 2.75) is 35.9 Å². The van der Waals surface area contributed by atoms with Crippen LogP contribution in [0, 0.1) is 5.82 Å². The van der Waals surface area contributed by atoms with E-state index < -0.39 is 17.7 Å². The predicted octanol–water partition coefficient (Wildman–Crippen LogP) is 7.54. The Kier molecular flexibility index (Phi) is 9.16. The molecule has 1 fully saturated rings. The number of thioether (sulfide) groups is 1. The van der Waals surface area contributed by atoms with Crippen molar-refractivity contribution in [1.82, 2.24) is 10.2 Å². The summed E-state index contributed by atoms with van der Waals surface area (Å²) in [7, 11) is 0. The monoisotopic (exact) mass is 653 g/mol. The third-order valence-corrected chi connectivity index (χ3v) is 9.06. The second-order valence-corrected chi connectivity index (χ2v) is 12.3. The zero-order valence-electron chi connectivity index (χ0n) is 21.9. The van der Waals surface area contributed by atoms with Crippen molar-refractivity contribution in [1.29, 1.82) is 0 Å². The number of benzene rings is 3. The lowest BCUT2D eigenvalue weighted by Crippen LogP contribution is -2.29. The molecule has 11 heteroatoms. The molecule has 2 heterocycles. The Morgan fingerprint density at radius 1 is 1.05 bits per heavy atom. The smallest absolute Gasteiger partial charge is 0.301 e. The molecule has 0 aliphatic carbocycles. The van der Waals surface area contributed by atoms with Crippen molar-refractivity contribution in [3.63, 3.8) is 0 Å². The summed E-state index contributed by atoms with van der Waals surface area (Å²) >= 11 is 5.99. The fourth-order valence-corrected chi connectivity index (χ4v) is 6.36. The molecule has 1 aliphatic heterocycles. The molecule has 1 amide bonds. The number of hydrogen-bond donors (Lipinski definition) is 1. The van der Waals surface area contributed by atoms with Crippen molar-refractivity contribution in [3.05, 3.63) is 105 Å². The van der Waals surface area contributed by atoms with Gasteiger partial charge in [0.15, 0.2) is 4.34 Å². The summed E-state index contributed by atoms with van der Waals surface area (Å²) in [5.74, 6) is -1.02. The van der Waals surface area contributed by atoms with Gasteiger partial charge >= 0.3 is 5.91 Å². The molecule has 0 bridgehead atoms. The van der Waals surface area contributed by atoms with Gasteiger partial charge in [-0.3, -0.25) is 14.5 Å². The minimum Gasteiger partial charge on any atom is -0.507 e. The van der Waals surface area contributed by atoms with Crippen LogP contribution in [-0.2, 0) is 15.3 Å². The number of halogens is 2. The molecule has 41 heavy (non-hydrogen) atoms. The number of ether oxygens (including phenoxy) is 1. The summed E-state index contributed by atoms with van der Waals surface area (Å²) in [4.78, 5) is 28.1. The predicted molar refractivity (Wildman–Crippen MR) is 162 cm³/mol. The number of aromatic nitrogens is 2. The molecule has 7 nitrogen and oxygen atoms in total. The Balaban J connectivity index is 1.47. The third-order valence-electron chi connectivity index (χ3n) is 6.40. The number of nitrogens with zero attached hydrogens (tertiary/aromatic N) is 3. The zero-order valence-corrected chi connectivity index (χ0v) is 25.1. The van der Waals surface area contributed by atoms with E-state index in [1.807, 2.05) is 12.1 Å². The summed E-state index contributed by atoms with van der Waals surface area (Å²) in [6, 6.07) is 19.2. The molecule has 4 aromatic rings. The van der Waals surface area contributed by atoms with Crippen LogP contribution in [-0.4, -0.2) is 33.6 Å². The number of ketones is 1. The van der Waals surface area contributed by atoms with Gasteiger partial charge in [0.2, 0.25) is 5.13 Å². The SMILES string of the molecule is CCCCOc1ccc(C(O)=C2C(=O)C(=O)N(c3nnc(SCc4ccc(F)cc4)s3)[C@@H]2c2ccc(Br)cc2)cc1. The Bertz CT molecular complexity index is 1570. The molecule has 5 rings (SSSR count). The minimum atomic E-state index is -0.911. The summed E-state index contributed by atoms with van der Waals surface area (Å²) in [6.07, 6.45) is 1.94. The highest BCUT2D eigenvalue weighted by atomic mass is 79.9. The first-order valence-electron chi connectivity index (χ1n) is 12.9. The molecular formula is C30H25BrFN3O4S2. The summed E-state index contributed by atoms with van der Waals surface area (Å²) in [5, 5.41) is 20.0. The van der Waals surface area contributed by atoms with Gasteiger partial charge in [-0.1, -0.05) is 76.6 Å². The van der Waals surface area contributed by atoms with Crippen LogP contribution in [0.4, 0.5) is 9.52 Å². The van der Waals surface area contributed by atoms with Gasteiger partial charge in [0.05, 0.1) is 18.2 Å².